The third kappa shape index (κ3) is 3.16. The molecule has 0 fully saturated rings. The number of rotatable bonds is 3. The highest BCUT2D eigenvalue weighted by molar-refractivity contribution is 9.11. The van der Waals surface area contributed by atoms with Gasteiger partial charge in [-0.1, -0.05) is 34.1 Å². The van der Waals surface area contributed by atoms with Crippen LogP contribution in [0.5, 0.6) is 0 Å². The molecule has 0 aliphatic rings. The average molecular weight is 451 g/mol. The largest absolute Gasteiger partial charge is 0.421 e. The highest BCUT2D eigenvalue weighted by atomic mass is 79.9. The number of benzene rings is 2. The molecule has 1 heterocycles. The van der Waals surface area contributed by atoms with Crippen LogP contribution in [0.15, 0.2) is 66.7 Å². The number of amides is 1. The maximum absolute atomic E-state index is 12.9. The molecule has 1 amide bonds. The van der Waals surface area contributed by atoms with Crippen LogP contribution in [-0.2, 0) is 0 Å². The molecule has 3 rings (SSSR count). The van der Waals surface area contributed by atoms with Gasteiger partial charge in [0.05, 0.1) is 4.47 Å². The maximum atomic E-state index is 12.9. The van der Waals surface area contributed by atoms with E-state index in [0.717, 1.165) is 10.2 Å². The van der Waals surface area contributed by atoms with E-state index in [1.54, 1.807) is 23.1 Å². The number of nitrogens with zero attached hydrogens (tertiary/aromatic N) is 1. The van der Waals surface area contributed by atoms with Crippen LogP contribution in [0.1, 0.15) is 17.3 Å². The molecule has 1 aromatic heterocycles. The number of hydrogen-bond donors (Lipinski definition) is 0. The van der Waals surface area contributed by atoms with Gasteiger partial charge in [-0.2, -0.15) is 0 Å². The van der Waals surface area contributed by atoms with E-state index in [9.17, 15) is 9.59 Å². The number of carbonyl (C=O) groups excluding carboxylic acids is 1. The molecule has 2 aromatic carbocycles. The fourth-order valence-electron chi connectivity index (χ4n) is 2.50. The smallest absolute Gasteiger partial charge is 0.349 e. The SMILES string of the molecule is CCN(C(=O)c1cc2cc(Br)cc(Br)c2oc1=O)c1ccccc1. The molecule has 0 bridgehead atoms. The van der Waals surface area contributed by atoms with Crippen LogP contribution < -0.4 is 10.5 Å². The number of anilines is 1. The van der Waals surface area contributed by atoms with Gasteiger partial charge in [0.1, 0.15) is 5.56 Å². The van der Waals surface area contributed by atoms with E-state index < -0.39 is 5.63 Å². The first-order valence-electron chi connectivity index (χ1n) is 7.31. The van der Waals surface area contributed by atoms with Crippen LogP contribution >= 0.6 is 31.9 Å². The normalized spacial score (nSPS) is 10.8. The minimum absolute atomic E-state index is 0.0122. The molecule has 0 atom stereocenters. The van der Waals surface area contributed by atoms with Crippen LogP contribution in [-0.4, -0.2) is 12.5 Å². The molecule has 0 aliphatic heterocycles. The van der Waals surface area contributed by atoms with Crippen LogP contribution in [0.25, 0.3) is 11.0 Å². The van der Waals surface area contributed by atoms with Crippen molar-refractivity contribution in [2.75, 3.05) is 11.4 Å². The van der Waals surface area contributed by atoms with Crippen molar-refractivity contribution in [2.45, 2.75) is 6.92 Å². The third-order valence-electron chi connectivity index (χ3n) is 3.61. The summed E-state index contributed by atoms with van der Waals surface area (Å²) in [4.78, 5) is 26.7. The van der Waals surface area contributed by atoms with Gasteiger partial charge in [-0.15, -0.1) is 0 Å². The Balaban J connectivity index is 2.13. The maximum Gasteiger partial charge on any atom is 0.349 e. The molecule has 0 aliphatic carbocycles. The Labute approximate surface area is 155 Å². The zero-order chi connectivity index (χ0) is 17.3. The molecule has 0 spiro atoms. The molecule has 4 nitrogen and oxygen atoms in total. The summed E-state index contributed by atoms with van der Waals surface area (Å²) in [5.41, 5.74) is 0.519. The minimum Gasteiger partial charge on any atom is -0.421 e. The topological polar surface area (TPSA) is 50.5 Å². The summed E-state index contributed by atoms with van der Waals surface area (Å²) in [6, 6.07) is 14.4. The second-order valence-corrected chi connectivity index (χ2v) is 6.91. The number of para-hydroxylation sites is 1. The Hall–Kier alpha value is -1.92. The van der Waals surface area contributed by atoms with Gasteiger partial charge in [0, 0.05) is 22.1 Å². The summed E-state index contributed by atoms with van der Waals surface area (Å²) >= 11 is 6.76. The summed E-state index contributed by atoms with van der Waals surface area (Å²) in [6.07, 6.45) is 0. The van der Waals surface area contributed by atoms with E-state index in [1.807, 2.05) is 37.3 Å². The molecular formula is C18H13Br2NO3. The molecule has 0 saturated carbocycles. The predicted molar refractivity (Wildman–Crippen MR) is 102 cm³/mol. The second kappa shape index (κ2) is 6.91. The van der Waals surface area contributed by atoms with Gasteiger partial charge in [-0.3, -0.25) is 4.79 Å². The molecule has 0 unspecified atom stereocenters. The standard InChI is InChI=1S/C18H13Br2NO3/c1-2-21(13-6-4-3-5-7-13)17(22)14-9-11-8-12(19)10-15(20)16(11)24-18(14)23/h3-10H,2H2,1H3. The van der Waals surface area contributed by atoms with E-state index in [1.165, 1.54) is 0 Å². The Morgan fingerprint density at radius 2 is 1.83 bits per heavy atom. The summed E-state index contributed by atoms with van der Waals surface area (Å²) < 4.78 is 6.83. The molecule has 0 N–H and O–H groups in total. The molecule has 0 saturated heterocycles. The highest BCUT2D eigenvalue weighted by Crippen LogP contribution is 2.28. The lowest BCUT2D eigenvalue weighted by Gasteiger charge is -2.20. The Morgan fingerprint density at radius 3 is 2.50 bits per heavy atom. The molecule has 122 valence electrons. The summed E-state index contributed by atoms with van der Waals surface area (Å²) in [5.74, 6) is -0.379. The first-order chi connectivity index (χ1) is 11.5. The van der Waals surface area contributed by atoms with E-state index in [4.69, 9.17) is 4.42 Å². The summed E-state index contributed by atoms with van der Waals surface area (Å²) in [6.45, 7) is 2.31. The van der Waals surface area contributed by atoms with Gasteiger partial charge in [-0.05, 0) is 53.2 Å². The van der Waals surface area contributed by atoms with Crippen molar-refractivity contribution in [3.05, 3.63) is 73.5 Å². The lowest BCUT2D eigenvalue weighted by molar-refractivity contribution is 0.0985. The van der Waals surface area contributed by atoms with Crippen LogP contribution in [0.2, 0.25) is 0 Å². The van der Waals surface area contributed by atoms with Crippen molar-refractivity contribution in [3.63, 3.8) is 0 Å². The van der Waals surface area contributed by atoms with E-state index in [-0.39, 0.29) is 11.5 Å². The van der Waals surface area contributed by atoms with E-state index in [2.05, 4.69) is 31.9 Å². The van der Waals surface area contributed by atoms with Gasteiger partial charge < -0.3 is 9.32 Å². The van der Waals surface area contributed by atoms with Gasteiger partial charge in [0.25, 0.3) is 5.91 Å². The first-order valence-corrected chi connectivity index (χ1v) is 8.89. The number of halogens is 2. The molecular weight excluding hydrogens is 438 g/mol. The van der Waals surface area contributed by atoms with Crippen molar-refractivity contribution in [2.24, 2.45) is 0 Å². The predicted octanol–water partition coefficient (Wildman–Crippen LogP) is 4.98. The monoisotopic (exact) mass is 449 g/mol. The van der Waals surface area contributed by atoms with E-state index in [0.29, 0.717) is 22.0 Å². The molecule has 24 heavy (non-hydrogen) atoms. The number of carbonyl (C=O) groups is 1. The van der Waals surface area contributed by atoms with Gasteiger partial charge >= 0.3 is 5.63 Å². The van der Waals surface area contributed by atoms with Crippen LogP contribution in [0, 0.1) is 0 Å². The van der Waals surface area contributed by atoms with Crippen molar-refractivity contribution < 1.29 is 9.21 Å². The third-order valence-corrected chi connectivity index (χ3v) is 4.66. The lowest BCUT2D eigenvalue weighted by Crippen LogP contribution is -2.33. The van der Waals surface area contributed by atoms with Crippen molar-refractivity contribution in [3.8, 4) is 0 Å². The number of fused-ring (bicyclic) bond motifs is 1. The first kappa shape index (κ1) is 16.9. The zero-order valence-corrected chi connectivity index (χ0v) is 15.9. The lowest BCUT2D eigenvalue weighted by atomic mass is 10.1. The Bertz CT molecular complexity index is 967. The van der Waals surface area contributed by atoms with Gasteiger partial charge in [-0.25, -0.2) is 4.79 Å². The molecule has 6 heteroatoms. The van der Waals surface area contributed by atoms with Gasteiger partial charge in [0.15, 0.2) is 5.58 Å². The van der Waals surface area contributed by atoms with Crippen LogP contribution in [0.3, 0.4) is 0 Å². The highest BCUT2D eigenvalue weighted by Gasteiger charge is 2.21. The number of hydrogen-bond acceptors (Lipinski definition) is 3. The summed E-state index contributed by atoms with van der Waals surface area (Å²) in [5, 5.41) is 0.670. The van der Waals surface area contributed by atoms with Crippen molar-refractivity contribution in [1.82, 2.24) is 0 Å². The second-order valence-electron chi connectivity index (χ2n) is 5.14. The van der Waals surface area contributed by atoms with Crippen LogP contribution in [0.4, 0.5) is 5.69 Å². The molecule has 3 aromatic rings. The van der Waals surface area contributed by atoms with Crippen molar-refractivity contribution >= 4 is 54.4 Å². The van der Waals surface area contributed by atoms with Gasteiger partial charge in [0.2, 0.25) is 0 Å². The van der Waals surface area contributed by atoms with E-state index >= 15 is 0 Å². The average Bonchev–Trinajstić information content (AvgIpc) is 2.56. The summed E-state index contributed by atoms with van der Waals surface area (Å²) in [7, 11) is 0. The minimum atomic E-state index is -0.648. The quantitative estimate of drug-likeness (QED) is 0.528. The zero-order valence-electron chi connectivity index (χ0n) is 12.8. The molecule has 0 radical (unpaired) electrons. The Morgan fingerprint density at radius 1 is 1.12 bits per heavy atom. The van der Waals surface area contributed by atoms with Crippen molar-refractivity contribution in [1.29, 1.82) is 0 Å². The Kier molecular flexibility index (Phi) is 4.87. The fraction of sp³-hybridized carbons (Fsp3) is 0.111. The fourth-order valence-corrected chi connectivity index (χ4v) is 3.84.